The van der Waals surface area contributed by atoms with Gasteiger partial charge in [-0.1, -0.05) is 11.6 Å². The Bertz CT molecular complexity index is 374. The fourth-order valence-corrected chi connectivity index (χ4v) is 2.19. The van der Waals surface area contributed by atoms with Crippen LogP contribution >= 0.6 is 11.6 Å². The molecule has 1 saturated carbocycles. The van der Waals surface area contributed by atoms with E-state index >= 15 is 0 Å². The van der Waals surface area contributed by atoms with Crippen LogP contribution in [0.15, 0.2) is 6.33 Å². The van der Waals surface area contributed by atoms with Crippen molar-refractivity contribution in [1.29, 1.82) is 0 Å². The van der Waals surface area contributed by atoms with Crippen LogP contribution in [0.1, 0.15) is 19.3 Å². The molecule has 5 nitrogen and oxygen atoms in total. The molecule has 1 aromatic rings. The van der Waals surface area contributed by atoms with E-state index in [0.717, 1.165) is 19.3 Å². The molecule has 4 N–H and O–H groups in total. The van der Waals surface area contributed by atoms with E-state index in [-0.39, 0.29) is 11.8 Å². The molecule has 0 aromatic carbocycles. The molecule has 1 aliphatic rings. The topological polar surface area (TPSA) is 84.1 Å². The fourth-order valence-electron chi connectivity index (χ4n) is 2.05. The van der Waals surface area contributed by atoms with Crippen LogP contribution in [0.4, 0.5) is 11.5 Å². The summed E-state index contributed by atoms with van der Waals surface area (Å²) in [6.07, 6.45) is 4.39. The van der Waals surface area contributed by atoms with Gasteiger partial charge >= 0.3 is 0 Å². The molecule has 1 aliphatic carbocycles. The van der Waals surface area contributed by atoms with E-state index < -0.39 is 0 Å². The van der Waals surface area contributed by atoms with Gasteiger partial charge in [-0.25, -0.2) is 9.97 Å². The lowest BCUT2D eigenvalue weighted by atomic mass is 10.1. The first-order chi connectivity index (χ1) is 7.70. The Labute approximate surface area is 99.0 Å². The van der Waals surface area contributed by atoms with E-state index in [1.807, 2.05) is 0 Å². The highest BCUT2D eigenvalue weighted by Gasteiger charge is 2.24. The van der Waals surface area contributed by atoms with E-state index in [1.54, 1.807) is 0 Å². The van der Waals surface area contributed by atoms with Crippen LogP contribution in [0.2, 0.25) is 5.15 Å². The first kappa shape index (κ1) is 11.4. The van der Waals surface area contributed by atoms with Crippen molar-refractivity contribution >= 4 is 23.1 Å². The number of anilines is 2. The van der Waals surface area contributed by atoms with Crippen molar-refractivity contribution < 1.29 is 5.11 Å². The Morgan fingerprint density at radius 2 is 2.31 bits per heavy atom. The predicted octanol–water partition coefficient (Wildman–Crippen LogP) is 1.29. The summed E-state index contributed by atoms with van der Waals surface area (Å²) in [5.74, 6) is 0.972. The molecule has 1 unspecified atom stereocenters. The van der Waals surface area contributed by atoms with Crippen molar-refractivity contribution in [3.8, 4) is 0 Å². The second-order valence-electron chi connectivity index (χ2n) is 4.13. The van der Waals surface area contributed by atoms with Crippen LogP contribution in [-0.4, -0.2) is 27.7 Å². The third kappa shape index (κ3) is 2.36. The van der Waals surface area contributed by atoms with Gasteiger partial charge in [0.1, 0.15) is 12.0 Å². The minimum absolute atomic E-state index is 0.248. The maximum absolute atomic E-state index is 9.05. The third-order valence-electron chi connectivity index (χ3n) is 2.98. The van der Waals surface area contributed by atoms with Gasteiger partial charge in [0.2, 0.25) is 0 Å². The maximum Gasteiger partial charge on any atom is 0.157 e. The first-order valence-electron chi connectivity index (χ1n) is 5.34. The minimum Gasteiger partial charge on any atom is -0.396 e. The third-order valence-corrected chi connectivity index (χ3v) is 3.28. The summed E-state index contributed by atoms with van der Waals surface area (Å²) < 4.78 is 0. The zero-order valence-corrected chi connectivity index (χ0v) is 9.61. The summed E-state index contributed by atoms with van der Waals surface area (Å²) >= 11 is 5.80. The number of rotatable bonds is 3. The minimum atomic E-state index is 0.248. The average molecular weight is 243 g/mol. The van der Waals surface area contributed by atoms with Crippen molar-refractivity contribution in [2.24, 2.45) is 5.92 Å². The summed E-state index contributed by atoms with van der Waals surface area (Å²) in [5, 5.41) is 12.6. The van der Waals surface area contributed by atoms with Crippen LogP contribution in [0, 0.1) is 5.92 Å². The summed E-state index contributed by atoms with van der Waals surface area (Å²) in [6, 6.07) is 0.311. The van der Waals surface area contributed by atoms with Crippen molar-refractivity contribution in [1.82, 2.24) is 9.97 Å². The summed E-state index contributed by atoms with van der Waals surface area (Å²) in [7, 11) is 0. The number of nitrogens with one attached hydrogen (secondary N) is 1. The molecule has 16 heavy (non-hydrogen) atoms. The van der Waals surface area contributed by atoms with Crippen LogP contribution in [-0.2, 0) is 0 Å². The van der Waals surface area contributed by atoms with E-state index in [1.165, 1.54) is 6.33 Å². The Hall–Kier alpha value is -1.07. The van der Waals surface area contributed by atoms with Gasteiger partial charge in [0.25, 0.3) is 0 Å². The number of nitrogens with two attached hydrogens (primary N) is 1. The quantitative estimate of drug-likeness (QED) is 0.696. The maximum atomic E-state index is 9.05. The highest BCUT2D eigenvalue weighted by molar-refractivity contribution is 6.32. The summed E-state index contributed by atoms with van der Waals surface area (Å²) in [6.45, 7) is 0.248. The molecular weight excluding hydrogens is 228 g/mol. The second-order valence-corrected chi connectivity index (χ2v) is 4.49. The Morgan fingerprint density at radius 1 is 1.50 bits per heavy atom. The monoisotopic (exact) mass is 242 g/mol. The lowest BCUT2D eigenvalue weighted by Crippen LogP contribution is -2.18. The predicted molar refractivity (Wildman–Crippen MR) is 63.3 cm³/mol. The molecule has 0 amide bonds. The molecular formula is C10H15ClN4O. The molecule has 0 bridgehead atoms. The van der Waals surface area contributed by atoms with Gasteiger partial charge in [-0.3, -0.25) is 0 Å². The Morgan fingerprint density at radius 3 is 3.00 bits per heavy atom. The van der Waals surface area contributed by atoms with Gasteiger partial charge in [-0.15, -0.1) is 0 Å². The van der Waals surface area contributed by atoms with Gasteiger partial charge in [-0.2, -0.15) is 0 Å². The molecule has 2 rings (SSSR count). The highest BCUT2D eigenvalue weighted by atomic mass is 35.5. The molecule has 1 heterocycles. The van der Waals surface area contributed by atoms with Crippen molar-refractivity contribution in [2.45, 2.75) is 25.3 Å². The molecule has 0 spiro atoms. The number of nitrogens with zero attached hydrogens (tertiary/aromatic N) is 2. The molecule has 2 atom stereocenters. The Balaban J connectivity index is 2.02. The van der Waals surface area contributed by atoms with E-state index in [0.29, 0.717) is 23.5 Å². The highest BCUT2D eigenvalue weighted by Crippen LogP contribution is 2.30. The number of aromatic nitrogens is 2. The van der Waals surface area contributed by atoms with Gasteiger partial charge < -0.3 is 16.2 Å². The number of halogens is 1. The first-order valence-corrected chi connectivity index (χ1v) is 5.72. The molecule has 0 aliphatic heterocycles. The van der Waals surface area contributed by atoms with Crippen LogP contribution in [0.25, 0.3) is 0 Å². The zero-order valence-electron chi connectivity index (χ0n) is 8.86. The molecule has 88 valence electrons. The Kier molecular flexibility index (Phi) is 3.46. The number of nitrogen functional groups attached to an aromatic ring is 1. The van der Waals surface area contributed by atoms with E-state index in [9.17, 15) is 0 Å². The van der Waals surface area contributed by atoms with Crippen LogP contribution in [0.5, 0.6) is 0 Å². The lowest BCUT2D eigenvalue weighted by Gasteiger charge is -2.14. The smallest absolute Gasteiger partial charge is 0.157 e. The number of hydrogen-bond donors (Lipinski definition) is 3. The molecule has 0 saturated heterocycles. The largest absolute Gasteiger partial charge is 0.396 e. The van der Waals surface area contributed by atoms with Crippen molar-refractivity contribution in [3.05, 3.63) is 11.5 Å². The van der Waals surface area contributed by atoms with Gasteiger partial charge in [0.05, 0.1) is 0 Å². The summed E-state index contributed by atoms with van der Waals surface area (Å²) in [5.41, 5.74) is 6.14. The second kappa shape index (κ2) is 4.84. The van der Waals surface area contributed by atoms with E-state index in [4.69, 9.17) is 22.4 Å². The fraction of sp³-hybridized carbons (Fsp3) is 0.600. The van der Waals surface area contributed by atoms with Crippen molar-refractivity contribution in [3.63, 3.8) is 0 Å². The molecule has 1 aromatic heterocycles. The molecule has 6 heteroatoms. The van der Waals surface area contributed by atoms with Gasteiger partial charge in [0, 0.05) is 12.6 Å². The van der Waals surface area contributed by atoms with Gasteiger partial charge in [-0.05, 0) is 25.2 Å². The van der Waals surface area contributed by atoms with Crippen LogP contribution < -0.4 is 11.1 Å². The van der Waals surface area contributed by atoms with Crippen molar-refractivity contribution in [2.75, 3.05) is 17.7 Å². The molecule has 1 fully saturated rings. The number of aliphatic hydroxyl groups is 1. The number of hydrogen-bond acceptors (Lipinski definition) is 5. The average Bonchev–Trinajstić information content (AvgIpc) is 2.73. The normalized spacial score (nSPS) is 24.6. The van der Waals surface area contributed by atoms with E-state index in [2.05, 4.69) is 15.3 Å². The summed E-state index contributed by atoms with van der Waals surface area (Å²) in [4.78, 5) is 7.85. The standard InChI is InChI=1S/C10H15ClN4O/c11-9-8(12)10(14-5-13-9)15-7-2-1-6(3-7)4-16/h5-7,16H,1-4,12H2,(H,13,14,15)/t6-,7?/m1/s1. The van der Waals surface area contributed by atoms with Gasteiger partial charge in [0.15, 0.2) is 11.0 Å². The molecule has 0 radical (unpaired) electrons. The number of aliphatic hydroxyl groups excluding tert-OH is 1. The zero-order chi connectivity index (χ0) is 11.5. The van der Waals surface area contributed by atoms with Crippen LogP contribution in [0.3, 0.4) is 0 Å². The SMILES string of the molecule is Nc1c(Cl)ncnc1NC1CC[C@@H](CO)C1. The lowest BCUT2D eigenvalue weighted by molar-refractivity contribution is 0.229.